The number of ether oxygens (including phenoxy) is 1. The van der Waals surface area contributed by atoms with Gasteiger partial charge in [-0.2, -0.15) is 0 Å². The molecule has 0 saturated heterocycles. The molecule has 2 atom stereocenters. The number of phenols is 1. The number of alkyl carbamates (subject to hydrolysis) is 1. The van der Waals surface area contributed by atoms with Crippen LogP contribution >= 0.6 is 0 Å². The SMILES string of the molecule is CC(C)(C)OC(=O)NCC(O)C(O)c1cc(F)cc(F)c1O. The minimum absolute atomic E-state index is 0.437. The summed E-state index contributed by atoms with van der Waals surface area (Å²) in [5, 5.41) is 31.2. The quantitative estimate of drug-likeness (QED) is 0.675. The molecule has 0 saturated carbocycles. The van der Waals surface area contributed by atoms with Crippen LogP contribution in [0.15, 0.2) is 12.1 Å². The Hall–Kier alpha value is -1.93. The second-order valence-electron chi connectivity index (χ2n) is 5.72. The zero-order valence-electron chi connectivity index (χ0n) is 12.4. The van der Waals surface area contributed by atoms with E-state index in [1.807, 2.05) is 0 Å². The van der Waals surface area contributed by atoms with Crippen LogP contribution < -0.4 is 5.32 Å². The smallest absolute Gasteiger partial charge is 0.407 e. The number of phenolic OH excluding ortho intramolecular Hbond substituents is 1. The molecule has 8 heteroatoms. The molecule has 1 aromatic rings. The summed E-state index contributed by atoms with van der Waals surface area (Å²) in [4.78, 5) is 11.4. The Kier molecular flexibility index (Phi) is 5.67. The van der Waals surface area contributed by atoms with Crippen LogP contribution in [-0.4, -0.2) is 39.7 Å². The second kappa shape index (κ2) is 6.89. The van der Waals surface area contributed by atoms with Gasteiger partial charge in [-0.3, -0.25) is 0 Å². The molecule has 1 rings (SSSR count). The highest BCUT2D eigenvalue weighted by Crippen LogP contribution is 2.29. The van der Waals surface area contributed by atoms with Crippen molar-refractivity contribution in [3.8, 4) is 5.75 Å². The maximum absolute atomic E-state index is 13.2. The van der Waals surface area contributed by atoms with Gasteiger partial charge in [-0.1, -0.05) is 0 Å². The normalized spacial score (nSPS) is 14.3. The fraction of sp³-hybridized carbons (Fsp3) is 0.500. The number of carbonyl (C=O) groups excluding carboxylic acids is 1. The lowest BCUT2D eigenvalue weighted by Crippen LogP contribution is -2.38. The molecule has 0 heterocycles. The molecular weight excluding hydrogens is 300 g/mol. The van der Waals surface area contributed by atoms with Crippen molar-refractivity contribution >= 4 is 6.09 Å². The highest BCUT2D eigenvalue weighted by Gasteiger charge is 2.25. The molecule has 2 unspecified atom stereocenters. The summed E-state index contributed by atoms with van der Waals surface area (Å²) in [6.07, 6.45) is -4.21. The minimum atomic E-state index is -1.79. The van der Waals surface area contributed by atoms with E-state index in [-0.39, 0.29) is 0 Å². The third kappa shape index (κ3) is 5.12. The first-order valence-electron chi connectivity index (χ1n) is 6.52. The molecule has 0 aromatic heterocycles. The predicted molar refractivity (Wildman–Crippen MR) is 73.2 cm³/mol. The van der Waals surface area contributed by atoms with E-state index in [0.29, 0.717) is 12.1 Å². The van der Waals surface area contributed by atoms with Gasteiger partial charge in [0.05, 0.1) is 0 Å². The van der Waals surface area contributed by atoms with Crippen molar-refractivity contribution in [2.45, 2.75) is 38.6 Å². The molecule has 6 nitrogen and oxygen atoms in total. The Morgan fingerprint density at radius 2 is 1.91 bits per heavy atom. The van der Waals surface area contributed by atoms with E-state index in [0.717, 1.165) is 0 Å². The number of benzene rings is 1. The maximum atomic E-state index is 13.2. The first kappa shape index (κ1) is 18.1. The fourth-order valence-corrected chi connectivity index (χ4v) is 1.63. The number of nitrogens with one attached hydrogen (secondary N) is 1. The van der Waals surface area contributed by atoms with Gasteiger partial charge in [0.1, 0.15) is 23.6 Å². The highest BCUT2D eigenvalue weighted by molar-refractivity contribution is 5.67. The Morgan fingerprint density at radius 1 is 1.32 bits per heavy atom. The number of aromatic hydroxyl groups is 1. The molecule has 0 spiro atoms. The minimum Gasteiger partial charge on any atom is -0.505 e. The van der Waals surface area contributed by atoms with Crippen LogP contribution in [0.4, 0.5) is 13.6 Å². The van der Waals surface area contributed by atoms with Crippen molar-refractivity contribution in [1.82, 2.24) is 5.32 Å². The summed E-state index contributed by atoms with van der Waals surface area (Å²) in [5.74, 6) is -3.25. The molecule has 0 aliphatic heterocycles. The van der Waals surface area contributed by atoms with E-state index in [9.17, 15) is 28.9 Å². The molecule has 1 amide bonds. The zero-order valence-corrected chi connectivity index (χ0v) is 12.4. The van der Waals surface area contributed by atoms with Crippen LogP contribution in [0, 0.1) is 11.6 Å². The number of carbonyl (C=O) groups is 1. The number of rotatable bonds is 4. The first-order valence-corrected chi connectivity index (χ1v) is 6.52. The van der Waals surface area contributed by atoms with Gasteiger partial charge in [0, 0.05) is 18.2 Å². The average molecular weight is 319 g/mol. The largest absolute Gasteiger partial charge is 0.505 e. The maximum Gasteiger partial charge on any atom is 0.407 e. The molecule has 124 valence electrons. The Balaban J connectivity index is 2.70. The van der Waals surface area contributed by atoms with E-state index < -0.39 is 53.4 Å². The molecule has 1 aromatic carbocycles. The summed E-state index contributed by atoms with van der Waals surface area (Å²) in [6, 6.07) is 1.14. The molecule has 0 radical (unpaired) electrons. The summed E-state index contributed by atoms with van der Waals surface area (Å²) >= 11 is 0. The van der Waals surface area contributed by atoms with Crippen LogP contribution in [0.25, 0.3) is 0 Å². The molecular formula is C14H19F2NO5. The summed E-state index contributed by atoms with van der Waals surface area (Å²) in [7, 11) is 0. The molecule has 0 fully saturated rings. The molecule has 22 heavy (non-hydrogen) atoms. The Labute approximate surface area is 126 Å². The lowest BCUT2D eigenvalue weighted by Gasteiger charge is -2.22. The number of halogens is 2. The number of amides is 1. The number of aliphatic hydroxyl groups excluding tert-OH is 2. The van der Waals surface area contributed by atoms with Gasteiger partial charge < -0.3 is 25.4 Å². The highest BCUT2D eigenvalue weighted by atomic mass is 19.1. The summed E-state index contributed by atoms with van der Waals surface area (Å²) in [6.45, 7) is 4.50. The molecule has 0 aliphatic carbocycles. The van der Waals surface area contributed by atoms with E-state index in [1.54, 1.807) is 20.8 Å². The van der Waals surface area contributed by atoms with Crippen molar-refractivity contribution in [1.29, 1.82) is 0 Å². The van der Waals surface area contributed by atoms with Crippen molar-refractivity contribution in [2.24, 2.45) is 0 Å². The van der Waals surface area contributed by atoms with E-state index in [2.05, 4.69) is 5.32 Å². The van der Waals surface area contributed by atoms with Crippen molar-refractivity contribution < 1.29 is 33.6 Å². The number of aliphatic hydroxyl groups is 2. The summed E-state index contributed by atoms with van der Waals surface area (Å²) in [5.41, 5.74) is -1.26. The van der Waals surface area contributed by atoms with Crippen molar-refractivity contribution in [3.63, 3.8) is 0 Å². The number of hydrogen-bond acceptors (Lipinski definition) is 5. The van der Waals surface area contributed by atoms with Crippen LogP contribution in [0.1, 0.15) is 32.4 Å². The van der Waals surface area contributed by atoms with E-state index in [1.165, 1.54) is 0 Å². The van der Waals surface area contributed by atoms with Gasteiger partial charge >= 0.3 is 6.09 Å². The lowest BCUT2D eigenvalue weighted by atomic mass is 10.0. The standard InChI is InChI=1S/C14H19F2NO5/c1-14(2,3)22-13(21)17-6-10(18)12(20)8-4-7(15)5-9(16)11(8)19/h4-5,10,12,18-20H,6H2,1-3H3,(H,17,21). The first-order chi connectivity index (χ1) is 10.0. The monoisotopic (exact) mass is 319 g/mol. The van der Waals surface area contributed by atoms with Crippen LogP contribution in [0.3, 0.4) is 0 Å². The third-order valence-corrected chi connectivity index (χ3v) is 2.60. The zero-order chi connectivity index (χ0) is 17.1. The second-order valence-corrected chi connectivity index (χ2v) is 5.72. The van der Waals surface area contributed by atoms with Crippen molar-refractivity contribution in [2.75, 3.05) is 6.54 Å². The van der Waals surface area contributed by atoms with E-state index >= 15 is 0 Å². The Morgan fingerprint density at radius 3 is 2.45 bits per heavy atom. The van der Waals surface area contributed by atoms with Gasteiger partial charge in [-0.25, -0.2) is 13.6 Å². The fourth-order valence-electron chi connectivity index (χ4n) is 1.63. The van der Waals surface area contributed by atoms with Crippen molar-refractivity contribution in [3.05, 3.63) is 29.3 Å². The van der Waals surface area contributed by atoms with Gasteiger partial charge in [0.15, 0.2) is 11.6 Å². The summed E-state index contributed by atoms with van der Waals surface area (Å²) < 4.78 is 31.2. The Bertz CT molecular complexity index is 545. The van der Waals surface area contributed by atoms with Crippen LogP contribution in [0.5, 0.6) is 5.75 Å². The van der Waals surface area contributed by atoms with Gasteiger partial charge in [0.25, 0.3) is 0 Å². The number of hydrogen-bond donors (Lipinski definition) is 4. The van der Waals surface area contributed by atoms with Gasteiger partial charge in [0.2, 0.25) is 0 Å². The molecule has 0 bridgehead atoms. The predicted octanol–water partition coefficient (Wildman–Crippen LogP) is 1.59. The van der Waals surface area contributed by atoms with Crippen LogP contribution in [0.2, 0.25) is 0 Å². The topological polar surface area (TPSA) is 99.0 Å². The molecule has 0 aliphatic rings. The van der Waals surface area contributed by atoms with Gasteiger partial charge in [-0.15, -0.1) is 0 Å². The van der Waals surface area contributed by atoms with Gasteiger partial charge in [-0.05, 0) is 26.8 Å². The van der Waals surface area contributed by atoms with Crippen LogP contribution in [-0.2, 0) is 4.74 Å². The lowest BCUT2D eigenvalue weighted by molar-refractivity contribution is 0.0115. The average Bonchev–Trinajstić information content (AvgIpc) is 2.37. The van der Waals surface area contributed by atoms with E-state index in [4.69, 9.17) is 4.74 Å². The third-order valence-electron chi connectivity index (χ3n) is 2.60. The molecule has 4 N–H and O–H groups in total.